The highest BCUT2D eigenvalue weighted by Gasteiger charge is 2.36. The standard InChI is InChI=1S/C16H13Cl3N4O4S/c17-16(18,19)14(22-15(28)20-10-6-2-4-8-12(10)24)21-13(25)9-5-1-3-7-11(9)23(26)27/h1-8,14,24H,(H,21,25)(H2,20,22,28)/t14-/m1/s1. The van der Waals surface area contributed by atoms with Crippen molar-refractivity contribution in [2.75, 3.05) is 5.32 Å². The molecule has 0 saturated heterocycles. The average molecular weight is 464 g/mol. The molecule has 0 aliphatic heterocycles. The summed E-state index contributed by atoms with van der Waals surface area (Å²) < 4.78 is -2.05. The molecule has 2 aromatic rings. The number of para-hydroxylation sites is 3. The van der Waals surface area contributed by atoms with E-state index in [4.69, 9.17) is 47.0 Å². The van der Waals surface area contributed by atoms with Gasteiger partial charge in [0.2, 0.25) is 3.79 Å². The van der Waals surface area contributed by atoms with Crippen molar-refractivity contribution >= 4 is 69.4 Å². The first kappa shape index (κ1) is 22.0. The zero-order valence-electron chi connectivity index (χ0n) is 13.9. The van der Waals surface area contributed by atoms with Crippen molar-refractivity contribution in [1.82, 2.24) is 10.6 Å². The van der Waals surface area contributed by atoms with Crippen LogP contribution in [0.4, 0.5) is 11.4 Å². The second-order valence-corrected chi connectivity index (χ2v) is 8.12. The van der Waals surface area contributed by atoms with Gasteiger partial charge in [0.1, 0.15) is 17.5 Å². The van der Waals surface area contributed by atoms with Crippen molar-refractivity contribution in [1.29, 1.82) is 0 Å². The average Bonchev–Trinajstić information content (AvgIpc) is 2.62. The number of amides is 1. The summed E-state index contributed by atoms with van der Waals surface area (Å²) in [6.45, 7) is 0. The van der Waals surface area contributed by atoms with Gasteiger partial charge in [-0.1, -0.05) is 59.1 Å². The van der Waals surface area contributed by atoms with E-state index in [9.17, 15) is 20.0 Å². The largest absolute Gasteiger partial charge is 0.506 e. The van der Waals surface area contributed by atoms with E-state index in [0.717, 1.165) is 0 Å². The summed E-state index contributed by atoms with van der Waals surface area (Å²) in [5.74, 6) is -0.914. The lowest BCUT2D eigenvalue weighted by molar-refractivity contribution is -0.385. The summed E-state index contributed by atoms with van der Waals surface area (Å²) in [5, 5.41) is 28.4. The Kier molecular flexibility index (Phi) is 7.25. The van der Waals surface area contributed by atoms with Crippen LogP contribution in [0.5, 0.6) is 5.75 Å². The van der Waals surface area contributed by atoms with E-state index in [0.29, 0.717) is 0 Å². The van der Waals surface area contributed by atoms with Crippen LogP contribution in [0.1, 0.15) is 10.4 Å². The number of alkyl halides is 3. The molecule has 1 amide bonds. The number of rotatable bonds is 5. The van der Waals surface area contributed by atoms with E-state index in [1.54, 1.807) is 18.2 Å². The van der Waals surface area contributed by atoms with Crippen LogP contribution in [0.15, 0.2) is 48.5 Å². The lowest BCUT2D eigenvalue weighted by Crippen LogP contribution is -2.56. The summed E-state index contributed by atoms with van der Waals surface area (Å²) in [4.78, 5) is 22.9. The van der Waals surface area contributed by atoms with Gasteiger partial charge in [0.05, 0.1) is 10.6 Å². The number of carbonyl (C=O) groups excluding carboxylic acids is 1. The molecule has 0 bridgehead atoms. The second-order valence-electron chi connectivity index (χ2n) is 5.34. The van der Waals surface area contributed by atoms with Gasteiger partial charge < -0.3 is 21.1 Å². The van der Waals surface area contributed by atoms with Crippen molar-refractivity contribution in [2.45, 2.75) is 9.96 Å². The summed E-state index contributed by atoms with van der Waals surface area (Å²) in [6, 6.07) is 11.6. The lowest BCUT2D eigenvalue weighted by Gasteiger charge is -2.27. The fourth-order valence-corrected chi connectivity index (χ4v) is 2.66. The molecular weight excluding hydrogens is 451 g/mol. The van der Waals surface area contributed by atoms with Crippen molar-refractivity contribution in [2.24, 2.45) is 0 Å². The van der Waals surface area contributed by atoms with E-state index in [1.165, 1.54) is 30.3 Å². The minimum atomic E-state index is -2.05. The quantitative estimate of drug-likeness (QED) is 0.133. The molecule has 0 aromatic heterocycles. The molecule has 2 aromatic carbocycles. The number of phenolic OH excluding ortho intramolecular Hbond substituents is 1. The maximum Gasteiger partial charge on any atom is 0.282 e. The number of nitro groups is 1. The molecule has 4 N–H and O–H groups in total. The molecule has 1 atom stereocenters. The molecule has 8 nitrogen and oxygen atoms in total. The Bertz CT molecular complexity index is 907. The van der Waals surface area contributed by atoms with Crippen molar-refractivity contribution < 1.29 is 14.8 Å². The van der Waals surface area contributed by atoms with Crippen molar-refractivity contribution in [3.63, 3.8) is 0 Å². The molecular formula is C16H13Cl3N4O4S. The Hall–Kier alpha value is -2.33. The smallest absolute Gasteiger partial charge is 0.282 e. The van der Waals surface area contributed by atoms with Crippen LogP contribution in [0, 0.1) is 10.1 Å². The van der Waals surface area contributed by atoms with Crippen LogP contribution < -0.4 is 16.0 Å². The summed E-state index contributed by atoms with van der Waals surface area (Å²) >= 11 is 22.8. The van der Waals surface area contributed by atoms with E-state index >= 15 is 0 Å². The van der Waals surface area contributed by atoms with Gasteiger partial charge >= 0.3 is 0 Å². The Labute approximate surface area is 179 Å². The van der Waals surface area contributed by atoms with Crippen LogP contribution in [-0.4, -0.2) is 31.0 Å². The first-order chi connectivity index (χ1) is 13.1. The summed E-state index contributed by atoms with van der Waals surface area (Å²) in [7, 11) is 0. The SMILES string of the molecule is O=C(N[C@H](NC(=S)Nc1ccccc1O)C(Cl)(Cl)Cl)c1ccccc1[N+](=O)[O-]. The molecule has 2 rings (SSSR count). The number of aromatic hydroxyl groups is 1. The molecule has 148 valence electrons. The van der Waals surface area contributed by atoms with Crippen LogP contribution >= 0.6 is 47.0 Å². The highest BCUT2D eigenvalue weighted by atomic mass is 35.6. The number of anilines is 1. The lowest BCUT2D eigenvalue weighted by atomic mass is 10.1. The molecule has 0 spiro atoms. The molecule has 0 heterocycles. The Balaban J connectivity index is 2.16. The number of nitrogens with one attached hydrogen (secondary N) is 3. The number of nitrogens with zero attached hydrogens (tertiary/aromatic N) is 1. The first-order valence-electron chi connectivity index (χ1n) is 7.56. The minimum absolute atomic E-state index is 0.0685. The predicted octanol–water partition coefficient (Wildman–Crippen LogP) is 3.71. The number of nitro benzene ring substituents is 1. The van der Waals surface area contributed by atoms with Gasteiger partial charge in [0, 0.05) is 6.07 Å². The van der Waals surface area contributed by atoms with Crippen LogP contribution in [-0.2, 0) is 0 Å². The number of thiocarbonyl (C=S) groups is 1. The number of hydrogen-bond acceptors (Lipinski definition) is 5. The van der Waals surface area contributed by atoms with Gasteiger partial charge in [0.25, 0.3) is 11.6 Å². The highest BCUT2D eigenvalue weighted by molar-refractivity contribution is 7.80. The topological polar surface area (TPSA) is 117 Å². The third-order valence-corrected chi connectivity index (χ3v) is 4.25. The van der Waals surface area contributed by atoms with Gasteiger partial charge in [-0.25, -0.2) is 0 Å². The third-order valence-electron chi connectivity index (χ3n) is 3.38. The minimum Gasteiger partial charge on any atom is -0.506 e. The number of hydrogen-bond donors (Lipinski definition) is 4. The summed E-state index contributed by atoms with van der Waals surface area (Å²) in [5.41, 5.74) is -0.334. The number of carbonyl (C=O) groups is 1. The molecule has 0 unspecified atom stereocenters. The van der Waals surface area contributed by atoms with Crippen molar-refractivity contribution in [3.8, 4) is 5.75 Å². The number of halogens is 3. The maximum absolute atomic E-state index is 12.5. The first-order valence-corrected chi connectivity index (χ1v) is 9.10. The zero-order valence-corrected chi connectivity index (χ0v) is 16.9. The van der Waals surface area contributed by atoms with Crippen LogP contribution in [0.2, 0.25) is 0 Å². The molecule has 0 fully saturated rings. The number of benzene rings is 2. The molecule has 0 aliphatic carbocycles. The van der Waals surface area contributed by atoms with Gasteiger partial charge in [-0.15, -0.1) is 0 Å². The van der Waals surface area contributed by atoms with Crippen molar-refractivity contribution in [3.05, 3.63) is 64.2 Å². The molecule has 0 saturated carbocycles. The zero-order chi connectivity index (χ0) is 20.9. The van der Waals surface area contributed by atoms with Gasteiger partial charge in [-0.2, -0.15) is 0 Å². The highest BCUT2D eigenvalue weighted by Crippen LogP contribution is 2.30. The van der Waals surface area contributed by atoms with Gasteiger partial charge in [-0.05, 0) is 30.4 Å². The van der Waals surface area contributed by atoms with Crippen LogP contribution in [0.3, 0.4) is 0 Å². The van der Waals surface area contributed by atoms with E-state index in [-0.39, 0.29) is 22.1 Å². The third kappa shape index (κ3) is 5.83. The fraction of sp³-hybridized carbons (Fsp3) is 0.125. The second kappa shape index (κ2) is 9.24. The monoisotopic (exact) mass is 462 g/mol. The molecule has 28 heavy (non-hydrogen) atoms. The Morgan fingerprint density at radius 1 is 1.11 bits per heavy atom. The number of phenols is 1. The van der Waals surface area contributed by atoms with E-state index < -0.39 is 26.5 Å². The Morgan fingerprint density at radius 2 is 1.71 bits per heavy atom. The van der Waals surface area contributed by atoms with Crippen LogP contribution in [0.25, 0.3) is 0 Å². The predicted molar refractivity (Wildman–Crippen MR) is 112 cm³/mol. The maximum atomic E-state index is 12.5. The normalized spacial score (nSPS) is 12.0. The molecule has 12 heteroatoms. The molecule has 0 aliphatic rings. The van der Waals surface area contributed by atoms with Gasteiger partial charge in [-0.3, -0.25) is 14.9 Å². The Morgan fingerprint density at radius 3 is 2.32 bits per heavy atom. The molecule has 0 radical (unpaired) electrons. The summed E-state index contributed by atoms with van der Waals surface area (Å²) in [6.07, 6.45) is -1.34. The van der Waals surface area contributed by atoms with E-state index in [1.807, 2.05) is 0 Å². The fourth-order valence-electron chi connectivity index (χ4n) is 2.10. The van der Waals surface area contributed by atoms with Gasteiger partial charge in [0.15, 0.2) is 5.11 Å². The van der Waals surface area contributed by atoms with E-state index in [2.05, 4.69) is 16.0 Å².